The Morgan fingerprint density at radius 1 is 1.00 bits per heavy atom. The van der Waals surface area contributed by atoms with Crippen LogP contribution in [-0.2, 0) is 0 Å². The average molecular weight is 389 g/mol. The molecule has 5 rings (SSSR count). The Morgan fingerprint density at radius 3 is 2.60 bits per heavy atom. The molecule has 0 fully saturated rings. The van der Waals surface area contributed by atoms with Crippen molar-refractivity contribution in [3.63, 3.8) is 0 Å². The number of fused-ring (bicyclic) bond motifs is 2. The van der Waals surface area contributed by atoms with Crippen LogP contribution >= 0.6 is 0 Å². The highest BCUT2D eigenvalue weighted by atomic mass is 15.3. The van der Waals surface area contributed by atoms with Crippen LogP contribution < -0.4 is 0 Å². The number of para-hydroxylation sites is 2. The number of aryl methyl sites for hydroxylation is 1. The summed E-state index contributed by atoms with van der Waals surface area (Å²) in [5.74, 6) is 0.565. The van der Waals surface area contributed by atoms with Crippen molar-refractivity contribution in [1.82, 2.24) is 19.7 Å². The van der Waals surface area contributed by atoms with E-state index in [1.54, 1.807) is 0 Å². The van der Waals surface area contributed by atoms with E-state index >= 15 is 0 Å². The number of hydrogen-bond donors (Lipinski definition) is 1. The zero-order valence-electron chi connectivity index (χ0n) is 16.7. The summed E-state index contributed by atoms with van der Waals surface area (Å²) >= 11 is 0. The molecule has 0 saturated heterocycles. The van der Waals surface area contributed by atoms with Crippen LogP contribution in [0.4, 0.5) is 0 Å². The highest BCUT2D eigenvalue weighted by Crippen LogP contribution is 2.27. The van der Waals surface area contributed by atoms with E-state index in [0.29, 0.717) is 11.4 Å². The first-order valence-electron chi connectivity index (χ1n) is 9.77. The third kappa shape index (κ3) is 2.87. The van der Waals surface area contributed by atoms with E-state index in [9.17, 15) is 5.26 Å². The van der Waals surface area contributed by atoms with E-state index in [2.05, 4.69) is 40.3 Å². The third-order valence-corrected chi connectivity index (χ3v) is 5.40. The van der Waals surface area contributed by atoms with Gasteiger partial charge in [0.05, 0.1) is 28.0 Å². The van der Waals surface area contributed by atoms with Crippen LogP contribution in [0.1, 0.15) is 22.8 Å². The van der Waals surface area contributed by atoms with E-state index in [1.165, 1.54) is 5.39 Å². The maximum absolute atomic E-state index is 9.81. The molecule has 0 amide bonds. The van der Waals surface area contributed by atoms with Crippen LogP contribution in [0.2, 0.25) is 0 Å². The number of H-pyrrole nitrogens is 1. The number of aromatic nitrogens is 4. The van der Waals surface area contributed by atoms with Crippen LogP contribution in [-0.4, -0.2) is 19.7 Å². The number of hydrogen-bond acceptors (Lipinski definition) is 3. The van der Waals surface area contributed by atoms with E-state index in [-0.39, 0.29) is 0 Å². The average Bonchev–Trinajstić information content (AvgIpc) is 3.32. The molecular formula is C25H19N5. The maximum atomic E-state index is 9.81. The molecule has 0 radical (unpaired) electrons. The molecule has 30 heavy (non-hydrogen) atoms. The first-order chi connectivity index (χ1) is 14.7. The van der Waals surface area contributed by atoms with Gasteiger partial charge >= 0.3 is 0 Å². The van der Waals surface area contributed by atoms with Gasteiger partial charge in [-0.3, -0.25) is 0 Å². The minimum atomic E-state index is 0.481. The van der Waals surface area contributed by atoms with Crippen LogP contribution in [0, 0.1) is 25.2 Å². The minimum absolute atomic E-state index is 0.481. The molecule has 0 spiro atoms. The fourth-order valence-electron chi connectivity index (χ4n) is 3.87. The van der Waals surface area contributed by atoms with Crippen molar-refractivity contribution in [2.24, 2.45) is 0 Å². The first kappa shape index (κ1) is 17.9. The van der Waals surface area contributed by atoms with Gasteiger partial charge in [0, 0.05) is 16.6 Å². The van der Waals surface area contributed by atoms with Crippen LogP contribution in [0.3, 0.4) is 0 Å². The summed E-state index contributed by atoms with van der Waals surface area (Å²) in [6.45, 7) is 4.00. The summed E-state index contributed by atoms with van der Waals surface area (Å²) in [6.07, 6.45) is 1.87. The summed E-state index contributed by atoms with van der Waals surface area (Å²) in [6, 6.07) is 24.5. The van der Waals surface area contributed by atoms with Gasteiger partial charge in [-0.15, -0.1) is 0 Å². The lowest BCUT2D eigenvalue weighted by Gasteiger charge is -2.08. The standard InChI is InChI=1S/C25H19N5/c1-16-21(14-19(15-26)25-27-22-11-5-6-12-23(22)28-25)17(2)30(29-16)24-13-7-9-18-8-3-4-10-20(18)24/h3-14H,1-2H3,(H,27,28)/b19-14-. The molecule has 0 saturated carbocycles. The summed E-state index contributed by atoms with van der Waals surface area (Å²) in [4.78, 5) is 7.81. The molecule has 144 valence electrons. The lowest BCUT2D eigenvalue weighted by Crippen LogP contribution is -2.00. The van der Waals surface area contributed by atoms with Gasteiger partial charge in [-0.1, -0.05) is 48.5 Å². The molecule has 0 aliphatic heterocycles. The van der Waals surface area contributed by atoms with E-state index in [1.807, 2.05) is 67.1 Å². The van der Waals surface area contributed by atoms with Crippen molar-refractivity contribution in [2.45, 2.75) is 13.8 Å². The highest BCUT2D eigenvalue weighted by molar-refractivity contribution is 5.92. The molecule has 3 aromatic carbocycles. The molecule has 2 aromatic heterocycles. The Kier molecular flexibility index (Phi) is 4.19. The Bertz CT molecular complexity index is 1440. The molecule has 0 atom stereocenters. The molecule has 0 aliphatic carbocycles. The summed E-state index contributed by atoms with van der Waals surface area (Å²) < 4.78 is 1.96. The molecule has 5 heteroatoms. The van der Waals surface area contributed by atoms with Gasteiger partial charge in [0.2, 0.25) is 0 Å². The number of nitriles is 1. The monoisotopic (exact) mass is 389 g/mol. The summed E-state index contributed by atoms with van der Waals surface area (Å²) in [7, 11) is 0. The number of aromatic amines is 1. The van der Waals surface area contributed by atoms with E-state index in [0.717, 1.165) is 39.1 Å². The Balaban J connectivity index is 1.65. The number of nitrogens with one attached hydrogen (secondary N) is 1. The lowest BCUT2D eigenvalue weighted by atomic mass is 10.1. The fourth-order valence-corrected chi connectivity index (χ4v) is 3.87. The topological polar surface area (TPSA) is 70.3 Å². The molecule has 0 aliphatic rings. The lowest BCUT2D eigenvalue weighted by molar-refractivity contribution is 0.839. The maximum Gasteiger partial charge on any atom is 0.149 e. The predicted molar refractivity (Wildman–Crippen MR) is 120 cm³/mol. The number of nitrogens with zero attached hydrogens (tertiary/aromatic N) is 4. The Hall–Kier alpha value is -4.17. The van der Waals surface area contributed by atoms with Gasteiger partial charge in [0.1, 0.15) is 11.9 Å². The molecule has 5 aromatic rings. The van der Waals surface area contributed by atoms with Crippen molar-refractivity contribution in [2.75, 3.05) is 0 Å². The van der Waals surface area contributed by atoms with Crippen molar-refractivity contribution in [1.29, 1.82) is 5.26 Å². The highest BCUT2D eigenvalue weighted by Gasteiger charge is 2.15. The second-order valence-corrected chi connectivity index (χ2v) is 7.27. The van der Waals surface area contributed by atoms with Gasteiger partial charge < -0.3 is 4.98 Å². The second-order valence-electron chi connectivity index (χ2n) is 7.27. The largest absolute Gasteiger partial charge is 0.337 e. The van der Waals surface area contributed by atoms with E-state index < -0.39 is 0 Å². The quantitative estimate of drug-likeness (QED) is 0.409. The summed E-state index contributed by atoms with van der Waals surface area (Å²) in [5.41, 5.74) is 6.03. The normalized spacial score (nSPS) is 11.8. The van der Waals surface area contributed by atoms with Crippen molar-refractivity contribution >= 4 is 33.5 Å². The Morgan fingerprint density at radius 2 is 1.77 bits per heavy atom. The van der Waals surface area contributed by atoms with Gasteiger partial charge in [-0.25, -0.2) is 9.67 Å². The van der Waals surface area contributed by atoms with Gasteiger partial charge in [0.15, 0.2) is 0 Å². The minimum Gasteiger partial charge on any atom is -0.337 e. The number of benzene rings is 3. The van der Waals surface area contributed by atoms with Crippen LogP contribution in [0.15, 0.2) is 66.7 Å². The number of allylic oxidation sites excluding steroid dienone is 1. The van der Waals surface area contributed by atoms with Gasteiger partial charge in [-0.05, 0) is 43.5 Å². The smallest absolute Gasteiger partial charge is 0.149 e. The van der Waals surface area contributed by atoms with Crippen molar-refractivity contribution < 1.29 is 0 Å². The molecule has 0 bridgehead atoms. The molecular weight excluding hydrogens is 370 g/mol. The van der Waals surface area contributed by atoms with Gasteiger partial charge in [0.25, 0.3) is 0 Å². The SMILES string of the molecule is Cc1nn(-c2cccc3ccccc23)c(C)c1/C=C(/C#N)c1nc2ccccc2[nH]1. The molecule has 2 heterocycles. The molecule has 0 unspecified atom stereocenters. The number of rotatable bonds is 3. The van der Waals surface area contributed by atoms with E-state index in [4.69, 9.17) is 5.10 Å². The zero-order valence-corrected chi connectivity index (χ0v) is 16.7. The van der Waals surface area contributed by atoms with Gasteiger partial charge in [-0.2, -0.15) is 10.4 Å². The molecule has 5 nitrogen and oxygen atoms in total. The van der Waals surface area contributed by atoms with Crippen molar-refractivity contribution in [3.8, 4) is 11.8 Å². The second kappa shape index (κ2) is 7.02. The van der Waals surface area contributed by atoms with Crippen LogP contribution in [0.5, 0.6) is 0 Å². The third-order valence-electron chi connectivity index (χ3n) is 5.40. The fraction of sp³-hybridized carbons (Fsp3) is 0.0800. The Labute approximate surface area is 173 Å². The van der Waals surface area contributed by atoms with Crippen molar-refractivity contribution in [3.05, 3.63) is 89.5 Å². The number of imidazole rings is 1. The zero-order chi connectivity index (χ0) is 20.7. The predicted octanol–water partition coefficient (Wildman–Crippen LogP) is 5.58. The van der Waals surface area contributed by atoms with Crippen LogP contribution in [0.25, 0.3) is 39.1 Å². The molecule has 1 N–H and O–H groups in total. The first-order valence-corrected chi connectivity index (χ1v) is 9.77. The summed E-state index contributed by atoms with van der Waals surface area (Å²) in [5, 5.41) is 16.9.